The van der Waals surface area contributed by atoms with Crippen molar-refractivity contribution in [1.82, 2.24) is 9.88 Å². The van der Waals surface area contributed by atoms with E-state index in [0.29, 0.717) is 5.52 Å². The van der Waals surface area contributed by atoms with Crippen molar-refractivity contribution in [3.63, 3.8) is 0 Å². The largest absolute Gasteiger partial charge is 0.506 e. The third-order valence-electron chi connectivity index (χ3n) is 3.73. The number of nitrogens with zero attached hydrogens (tertiary/aromatic N) is 3. The summed E-state index contributed by atoms with van der Waals surface area (Å²) >= 11 is 0. The standard InChI is InChI=1S/C15H17N3O2/c1-11(19)17-7-9-18(10-8-17)14-6-5-12-3-2-4-13(20)15(12)16-14/h2-6,20H,7-10H2,1H3. The number of carbonyl (C=O) groups excluding carboxylic acids is 1. The molecule has 0 bridgehead atoms. The molecule has 2 aromatic rings. The van der Waals surface area contributed by atoms with Crippen molar-refractivity contribution in [2.75, 3.05) is 31.1 Å². The van der Waals surface area contributed by atoms with Gasteiger partial charge in [0.25, 0.3) is 0 Å². The van der Waals surface area contributed by atoms with E-state index in [4.69, 9.17) is 0 Å². The maximum atomic E-state index is 11.3. The van der Waals surface area contributed by atoms with Crippen molar-refractivity contribution >= 4 is 22.6 Å². The van der Waals surface area contributed by atoms with Crippen molar-refractivity contribution in [2.24, 2.45) is 0 Å². The number of phenolic OH excluding ortho intramolecular Hbond substituents is 1. The number of carbonyl (C=O) groups is 1. The maximum Gasteiger partial charge on any atom is 0.219 e. The van der Waals surface area contributed by atoms with E-state index < -0.39 is 0 Å². The molecule has 1 amide bonds. The van der Waals surface area contributed by atoms with E-state index in [1.54, 1.807) is 13.0 Å². The molecular formula is C15H17N3O2. The number of benzene rings is 1. The molecule has 1 aromatic carbocycles. The lowest BCUT2D eigenvalue weighted by Gasteiger charge is -2.35. The van der Waals surface area contributed by atoms with Gasteiger partial charge in [0, 0.05) is 38.5 Å². The van der Waals surface area contributed by atoms with Gasteiger partial charge in [-0.1, -0.05) is 12.1 Å². The van der Waals surface area contributed by atoms with Crippen LogP contribution in [0.25, 0.3) is 10.9 Å². The lowest BCUT2D eigenvalue weighted by Crippen LogP contribution is -2.48. The van der Waals surface area contributed by atoms with Gasteiger partial charge in [0.2, 0.25) is 5.91 Å². The molecule has 20 heavy (non-hydrogen) atoms. The number of rotatable bonds is 1. The highest BCUT2D eigenvalue weighted by molar-refractivity contribution is 5.85. The molecule has 1 N–H and O–H groups in total. The van der Waals surface area contributed by atoms with E-state index in [-0.39, 0.29) is 11.7 Å². The van der Waals surface area contributed by atoms with Crippen LogP contribution in [-0.4, -0.2) is 47.1 Å². The fraction of sp³-hybridized carbons (Fsp3) is 0.333. The van der Waals surface area contributed by atoms with Crippen LogP contribution >= 0.6 is 0 Å². The first-order valence-corrected chi connectivity index (χ1v) is 6.74. The quantitative estimate of drug-likeness (QED) is 0.856. The number of piperazine rings is 1. The number of hydrogen-bond donors (Lipinski definition) is 1. The summed E-state index contributed by atoms with van der Waals surface area (Å²) in [6.45, 7) is 4.57. The van der Waals surface area contributed by atoms with Gasteiger partial charge in [0.05, 0.1) is 0 Å². The minimum Gasteiger partial charge on any atom is -0.506 e. The molecule has 2 heterocycles. The number of amides is 1. The van der Waals surface area contributed by atoms with Gasteiger partial charge in [-0.15, -0.1) is 0 Å². The lowest BCUT2D eigenvalue weighted by atomic mass is 10.2. The Balaban J connectivity index is 1.85. The highest BCUT2D eigenvalue weighted by atomic mass is 16.3. The monoisotopic (exact) mass is 271 g/mol. The van der Waals surface area contributed by atoms with Crippen molar-refractivity contribution in [3.05, 3.63) is 30.3 Å². The molecule has 1 aliphatic rings. The van der Waals surface area contributed by atoms with Crippen LogP contribution in [-0.2, 0) is 4.79 Å². The Morgan fingerprint density at radius 3 is 2.60 bits per heavy atom. The van der Waals surface area contributed by atoms with Gasteiger partial charge in [-0.25, -0.2) is 4.98 Å². The van der Waals surface area contributed by atoms with E-state index in [1.165, 1.54) is 0 Å². The Hall–Kier alpha value is -2.30. The molecule has 0 radical (unpaired) electrons. The Morgan fingerprint density at radius 2 is 1.90 bits per heavy atom. The predicted octanol–water partition coefficient (Wildman–Crippen LogP) is 1.61. The maximum absolute atomic E-state index is 11.3. The molecule has 0 atom stereocenters. The molecule has 0 aliphatic carbocycles. The van der Waals surface area contributed by atoms with E-state index in [1.807, 2.05) is 29.2 Å². The van der Waals surface area contributed by atoms with Gasteiger partial charge in [-0.2, -0.15) is 0 Å². The molecule has 0 unspecified atom stereocenters. The van der Waals surface area contributed by atoms with Gasteiger partial charge in [-0.3, -0.25) is 4.79 Å². The second kappa shape index (κ2) is 5.00. The summed E-state index contributed by atoms with van der Waals surface area (Å²) < 4.78 is 0. The zero-order valence-corrected chi connectivity index (χ0v) is 11.4. The lowest BCUT2D eigenvalue weighted by molar-refractivity contribution is -0.129. The third kappa shape index (κ3) is 2.27. The van der Waals surface area contributed by atoms with Crippen LogP contribution in [0.1, 0.15) is 6.92 Å². The second-order valence-electron chi connectivity index (χ2n) is 5.01. The van der Waals surface area contributed by atoms with Crippen LogP contribution in [0.2, 0.25) is 0 Å². The van der Waals surface area contributed by atoms with Gasteiger partial charge in [-0.05, 0) is 18.2 Å². The molecule has 5 heteroatoms. The number of pyridine rings is 1. The topological polar surface area (TPSA) is 56.7 Å². The number of aromatic hydroxyl groups is 1. The first-order valence-electron chi connectivity index (χ1n) is 6.74. The SMILES string of the molecule is CC(=O)N1CCN(c2ccc3cccc(O)c3n2)CC1. The molecule has 3 rings (SSSR count). The summed E-state index contributed by atoms with van der Waals surface area (Å²) in [5, 5.41) is 10.8. The Labute approximate surface area is 117 Å². The number of para-hydroxylation sites is 1. The van der Waals surface area contributed by atoms with Crippen LogP contribution in [0.3, 0.4) is 0 Å². The Kier molecular flexibility index (Phi) is 3.18. The summed E-state index contributed by atoms with van der Waals surface area (Å²) in [6.07, 6.45) is 0. The highest BCUT2D eigenvalue weighted by Gasteiger charge is 2.19. The summed E-state index contributed by atoms with van der Waals surface area (Å²) in [7, 11) is 0. The number of aromatic nitrogens is 1. The van der Waals surface area contributed by atoms with Crippen LogP contribution in [0.5, 0.6) is 5.75 Å². The average molecular weight is 271 g/mol. The summed E-state index contributed by atoms with van der Waals surface area (Å²) in [6, 6.07) is 9.32. The van der Waals surface area contributed by atoms with Crippen molar-refractivity contribution < 1.29 is 9.90 Å². The van der Waals surface area contributed by atoms with E-state index in [0.717, 1.165) is 37.4 Å². The molecule has 1 saturated heterocycles. The third-order valence-corrected chi connectivity index (χ3v) is 3.73. The average Bonchev–Trinajstić information content (AvgIpc) is 2.47. The van der Waals surface area contributed by atoms with Crippen molar-refractivity contribution in [3.8, 4) is 5.75 Å². The number of fused-ring (bicyclic) bond motifs is 1. The molecule has 0 spiro atoms. The number of anilines is 1. The Morgan fingerprint density at radius 1 is 1.15 bits per heavy atom. The number of phenols is 1. The molecule has 5 nitrogen and oxygen atoms in total. The fourth-order valence-corrected chi connectivity index (χ4v) is 2.55. The molecule has 1 fully saturated rings. The van der Waals surface area contributed by atoms with Gasteiger partial charge >= 0.3 is 0 Å². The molecular weight excluding hydrogens is 254 g/mol. The van der Waals surface area contributed by atoms with Gasteiger partial charge < -0.3 is 14.9 Å². The van der Waals surface area contributed by atoms with E-state index >= 15 is 0 Å². The second-order valence-corrected chi connectivity index (χ2v) is 5.01. The first kappa shape index (κ1) is 12.7. The summed E-state index contributed by atoms with van der Waals surface area (Å²) in [5.74, 6) is 1.17. The fourth-order valence-electron chi connectivity index (χ4n) is 2.55. The zero-order valence-electron chi connectivity index (χ0n) is 11.4. The zero-order chi connectivity index (χ0) is 14.1. The van der Waals surface area contributed by atoms with E-state index in [2.05, 4.69) is 9.88 Å². The van der Waals surface area contributed by atoms with Crippen LogP contribution < -0.4 is 4.90 Å². The highest BCUT2D eigenvalue weighted by Crippen LogP contribution is 2.25. The van der Waals surface area contributed by atoms with Gasteiger partial charge in [0.15, 0.2) is 0 Å². The van der Waals surface area contributed by atoms with Crippen LogP contribution in [0, 0.1) is 0 Å². The first-order chi connectivity index (χ1) is 9.65. The van der Waals surface area contributed by atoms with Crippen molar-refractivity contribution in [2.45, 2.75) is 6.92 Å². The smallest absolute Gasteiger partial charge is 0.219 e. The predicted molar refractivity (Wildman–Crippen MR) is 77.9 cm³/mol. The van der Waals surface area contributed by atoms with Gasteiger partial charge in [0.1, 0.15) is 17.1 Å². The van der Waals surface area contributed by atoms with E-state index in [9.17, 15) is 9.90 Å². The van der Waals surface area contributed by atoms with Crippen LogP contribution in [0.4, 0.5) is 5.82 Å². The molecule has 1 aliphatic heterocycles. The molecule has 104 valence electrons. The summed E-state index contributed by atoms with van der Waals surface area (Å²) in [5.41, 5.74) is 0.624. The normalized spacial score (nSPS) is 15.7. The minimum atomic E-state index is 0.119. The minimum absolute atomic E-state index is 0.119. The summed E-state index contributed by atoms with van der Waals surface area (Å²) in [4.78, 5) is 19.8. The Bertz CT molecular complexity index is 649. The number of hydrogen-bond acceptors (Lipinski definition) is 4. The van der Waals surface area contributed by atoms with Crippen LogP contribution in [0.15, 0.2) is 30.3 Å². The van der Waals surface area contributed by atoms with Crippen molar-refractivity contribution in [1.29, 1.82) is 0 Å². The molecule has 0 saturated carbocycles. The molecule has 1 aromatic heterocycles.